The lowest BCUT2D eigenvalue weighted by Crippen LogP contribution is -2.64. The highest BCUT2D eigenvalue weighted by molar-refractivity contribution is 5.94. The molecule has 1 aromatic heterocycles. The summed E-state index contributed by atoms with van der Waals surface area (Å²) in [6.45, 7) is 6.79. The summed E-state index contributed by atoms with van der Waals surface area (Å²) in [5, 5.41) is 25.5. The van der Waals surface area contributed by atoms with E-state index in [2.05, 4.69) is 24.3 Å². The van der Waals surface area contributed by atoms with Crippen LogP contribution in [0.2, 0.25) is 0 Å². The molecule has 0 saturated heterocycles. The van der Waals surface area contributed by atoms with Gasteiger partial charge in [0.05, 0.1) is 37.1 Å². The normalized spacial score (nSPS) is 23.5. The molecule has 2 rings (SSSR count). The predicted octanol–water partition coefficient (Wildman–Crippen LogP) is 0.950. The molecular formula is C17H29N3O4. The Labute approximate surface area is 143 Å². The van der Waals surface area contributed by atoms with Crippen molar-refractivity contribution in [2.75, 3.05) is 13.2 Å². The minimum atomic E-state index is -0.882. The van der Waals surface area contributed by atoms with Crippen LogP contribution in [0.15, 0.2) is 12.4 Å². The number of nitrogens with zero attached hydrogens (tertiary/aromatic N) is 2. The van der Waals surface area contributed by atoms with Gasteiger partial charge in [0.25, 0.3) is 5.91 Å². The lowest BCUT2D eigenvalue weighted by atomic mass is 9.58. The Kier molecular flexibility index (Phi) is 6.37. The van der Waals surface area contributed by atoms with Gasteiger partial charge in [0, 0.05) is 24.3 Å². The van der Waals surface area contributed by atoms with E-state index in [9.17, 15) is 9.90 Å². The molecule has 7 heteroatoms. The Morgan fingerprint density at radius 3 is 2.79 bits per heavy atom. The van der Waals surface area contributed by atoms with E-state index in [1.807, 2.05) is 6.92 Å². The van der Waals surface area contributed by atoms with Gasteiger partial charge < -0.3 is 20.3 Å². The Morgan fingerprint density at radius 2 is 2.21 bits per heavy atom. The molecule has 0 bridgehead atoms. The largest absolute Gasteiger partial charge is 0.394 e. The van der Waals surface area contributed by atoms with Gasteiger partial charge in [-0.2, -0.15) is 5.10 Å². The van der Waals surface area contributed by atoms with Gasteiger partial charge in [-0.3, -0.25) is 9.48 Å². The zero-order valence-electron chi connectivity index (χ0n) is 14.7. The van der Waals surface area contributed by atoms with Crippen LogP contribution in [0.25, 0.3) is 0 Å². The minimum absolute atomic E-state index is 0.00521. The highest BCUT2D eigenvalue weighted by Gasteiger charge is 2.53. The number of nitrogens with one attached hydrogen (secondary N) is 1. The second-order valence-corrected chi connectivity index (χ2v) is 6.43. The Hall–Kier alpha value is -1.44. The van der Waals surface area contributed by atoms with Crippen LogP contribution in [-0.4, -0.2) is 57.4 Å². The Bertz CT molecular complexity index is 542. The summed E-state index contributed by atoms with van der Waals surface area (Å²) in [7, 11) is 0. The summed E-state index contributed by atoms with van der Waals surface area (Å²) in [4.78, 5) is 12.5. The predicted molar refractivity (Wildman–Crippen MR) is 89.6 cm³/mol. The number of rotatable bonds is 9. The molecule has 1 fully saturated rings. The van der Waals surface area contributed by atoms with Gasteiger partial charge in [-0.15, -0.1) is 0 Å². The molecule has 0 unspecified atom stereocenters. The molecule has 1 aromatic rings. The fraction of sp³-hybridized carbons (Fsp3) is 0.765. The summed E-state index contributed by atoms with van der Waals surface area (Å²) in [6, 6.07) is 0.0999. The van der Waals surface area contributed by atoms with Gasteiger partial charge in [-0.1, -0.05) is 13.8 Å². The van der Waals surface area contributed by atoms with Gasteiger partial charge >= 0.3 is 0 Å². The zero-order chi connectivity index (χ0) is 17.7. The van der Waals surface area contributed by atoms with Crippen molar-refractivity contribution in [1.82, 2.24) is 15.1 Å². The smallest absolute Gasteiger partial charge is 0.254 e. The molecule has 0 aromatic carbocycles. The van der Waals surface area contributed by atoms with E-state index in [0.29, 0.717) is 12.2 Å². The lowest BCUT2D eigenvalue weighted by molar-refractivity contribution is -0.134. The summed E-state index contributed by atoms with van der Waals surface area (Å²) >= 11 is 0. The van der Waals surface area contributed by atoms with E-state index in [-0.39, 0.29) is 36.6 Å². The maximum absolute atomic E-state index is 12.5. The first-order valence-electron chi connectivity index (χ1n) is 8.74. The number of carbonyl (C=O) groups is 1. The van der Waals surface area contributed by atoms with Crippen molar-refractivity contribution in [3.63, 3.8) is 0 Å². The molecule has 1 heterocycles. The van der Waals surface area contributed by atoms with E-state index in [0.717, 1.165) is 19.3 Å². The van der Waals surface area contributed by atoms with Crippen molar-refractivity contribution < 1.29 is 19.7 Å². The first-order valence-corrected chi connectivity index (χ1v) is 8.74. The van der Waals surface area contributed by atoms with Gasteiger partial charge in [0.15, 0.2) is 0 Å². The van der Waals surface area contributed by atoms with Crippen molar-refractivity contribution in [1.29, 1.82) is 0 Å². The molecule has 3 atom stereocenters. The monoisotopic (exact) mass is 339 g/mol. The van der Waals surface area contributed by atoms with Crippen LogP contribution < -0.4 is 5.32 Å². The number of ether oxygens (including phenoxy) is 1. The molecule has 0 aliphatic heterocycles. The van der Waals surface area contributed by atoms with Crippen LogP contribution in [0.5, 0.6) is 0 Å². The molecule has 24 heavy (non-hydrogen) atoms. The van der Waals surface area contributed by atoms with Crippen molar-refractivity contribution >= 4 is 5.91 Å². The number of aromatic nitrogens is 2. The van der Waals surface area contributed by atoms with Crippen molar-refractivity contribution in [2.45, 2.75) is 64.8 Å². The molecule has 0 spiro atoms. The molecule has 1 amide bonds. The first kappa shape index (κ1) is 18.9. The van der Waals surface area contributed by atoms with Gasteiger partial charge in [-0.05, 0) is 26.2 Å². The van der Waals surface area contributed by atoms with Gasteiger partial charge in [0.1, 0.15) is 0 Å². The van der Waals surface area contributed by atoms with E-state index >= 15 is 0 Å². The number of aliphatic hydroxyl groups is 2. The average molecular weight is 339 g/mol. The molecule has 3 N–H and O–H groups in total. The van der Waals surface area contributed by atoms with E-state index < -0.39 is 6.10 Å². The van der Waals surface area contributed by atoms with Gasteiger partial charge in [0.2, 0.25) is 0 Å². The summed E-state index contributed by atoms with van der Waals surface area (Å²) in [5.74, 6) is -0.161. The molecular weight excluding hydrogens is 310 g/mol. The van der Waals surface area contributed by atoms with Crippen LogP contribution in [0.1, 0.15) is 50.4 Å². The first-order chi connectivity index (χ1) is 11.5. The highest BCUT2D eigenvalue weighted by atomic mass is 16.5. The quantitative estimate of drug-likeness (QED) is 0.622. The second-order valence-electron chi connectivity index (χ2n) is 6.43. The van der Waals surface area contributed by atoms with Crippen LogP contribution >= 0.6 is 0 Å². The molecule has 1 aliphatic carbocycles. The van der Waals surface area contributed by atoms with E-state index in [4.69, 9.17) is 9.84 Å². The zero-order valence-corrected chi connectivity index (χ0v) is 14.7. The van der Waals surface area contributed by atoms with Gasteiger partial charge in [-0.25, -0.2) is 0 Å². The lowest BCUT2D eigenvalue weighted by Gasteiger charge is -2.55. The molecule has 1 aliphatic rings. The van der Waals surface area contributed by atoms with Crippen LogP contribution in [-0.2, 0) is 11.3 Å². The third kappa shape index (κ3) is 3.63. The summed E-state index contributed by atoms with van der Waals surface area (Å²) in [5.41, 5.74) is 0.454. The number of hydrogen-bond acceptors (Lipinski definition) is 5. The SMILES string of the molecule is CCO[C@@H]1C[C@H](NC(=O)c2cnn(C[C@H](O)CO)c2)C1(CC)CC. The van der Waals surface area contributed by atoms with Crippen LogP contribution in [0, 0.1) is 5.41 Å². The maximum atomic E-state index is 12.5. The molecule has 1 saturated carbocycles. The van der Waals surface area contributed by atoms with Crippen LogP contribution in [0.4, 0.5) is 0 Å². The van der Waals surface area contributed by atoms with Crippen molar-refractivity contribution in [3.8, 4) is 0 Å². The summed E-state index contributed by atoms with van der Waals surface area (Å²) < 4.78 is 7.30. The maximum Gasteiger partial charge on any atom is 0.254 e. The van der Waals surface area contributed by atoms with E-state index in [1.54, 1.807) is 6.20 Å². The Morgan fingerprint density at radius 1 is 1.50 bits per heavy atom. The second kappa shape index (κ2) is 8.09. The number of carbonyl (C=O) groups excluding carboxylic acids is 1. The molecule has 7 nitrogen and oxygen atoms in total. The number of hydrogen-bond donors (Lipinski definition) is 3. The fourth-order valence-electron chi connectivity index (χ4n) is 3.68. The third-order valence-corrected chi connectivity index (χ3v) is 5.28. The van der Waals surface area contributed by atoms with Crippen molar-refractivity contribution in [3.05, 3.63) is 18.0 Å². The fourth-order valence-corrected chi connectivity index (χ4v) is 3.68. The Balaban J connectivity index is 1.99. The van der Waals surface area contributed by atoms with E-state index in [1.165, 1.54) is 10.9 Å². The van der Waals surface area contributed by atoms with Crippen LogP contribution in [0.3, 0.4) is 0 Å². The molecule has 136 valence electrons. The minimum Gasteiger partial charge on any atom is -0.394 e. The number of aliphatic hydroxyl groups excluding tert-OH is 2. The average Bonchev–Trinajstić information content (AvgIpc) is 3.03. The van der Waals surface area contributed by atoms with Crippen molar-refractivity contribution in [2.24, 2.45) is 5.41 Å². The standard InChI is InChI=1S/C17H29N3O4/c1-4-17(5-2)14(7-15(17)24-6-3)19-16(23)12-8-18-20(9-12)10-13(22)11-21/h8-9,13-15,21-22H,4-7,10-11H2,1-3H3,(H,19,23)/t13-,14-,15+/m0/s1. The summed E-state index contributed by atoms with van der Waals surface area (Å²) in [6.07, 6.45) is 5.14. The molecule has 0 radical (unpaired) electrons. The third-order valence-electron chi connectivity index (χ3n) is 5.28. The number of amides is 1. The highest BCUT2D eigenvalue weighted by Crippen LogP contribution is 2.48. The topological polar surface area (TPSA) is 96.6 Å².